The molecule has 0 aliphatic rings. The van der Waals surface area contributed by atoms with Crippen molar-refractivity contribution in [3.63, 3.8) is 0 Å². The second-order valence-corrected chi connectivity index (χ2v) is 15.7. The zero-order valence-electron chi connectivity index (χ0n) is 35.4. The van der Waals surface area contributed by atoms with Crippen LogP contribution in [0.2, 0.25) is 0 Å². The molecular formula is C54H48N6O2. The molecule has 8 heteroatoms. The van der Waals surface area contributed by atoms with Gasteiger partial charge in [0, 0.05) is 61.8 Å². The topological polar surface area (TPSA) is 60.6 Å². The van der Waals surface area contributed by atoms with Crippen LogP contribution in [0, 0.1) is 0 Å². The number of para-hydroxylation sites is 2. The van der Waals surface area contributed by atoms with Gasteiger partial charge in [0.15, 0.2) is 0 Å². The van der Waals surface area contributed by atoms with Gasteiger partial charge in [-0.1, -0.05) is 78.9 Å². The number of benzene rings is 7. The predicted molar refractivity (Wildman–Crippen MR) is 253 cm³/mol. The first-order chi connectivity index (χ1) is 30.3. The van der Waals surface area contributed by atoms with Crippen LogP contribution >= 0.6 is 0 Å². The van der Waals surface area contributed by atoms with Crippen molar-refractivity contribution in [2.24, 2.45) is 0 Å². The lowest BCUT2D eigenvalue weighted by Crippen LogP contribution is -2.08. The number of aromatic nitrogens is 4. The van der Waals surface area contributed by atoms with Crippen molar-refractivity contribution < 1.29 is 9.47 Å². The van der Waals surface area contributed by atoms with Crippen molar-refractivity contribution in [3.05, 3.63) is 205 Å². The van der Waals surface area contributed by atoms with Crippen LogP contribution in [0.1, 0.15) is 11.1 Å². The van der Waals surface area contributed by atoms with Gasteiger partial charge in [-0.05, 0) is 126 Å². The summed E-state index contributed by atoms with van der Waals surface area (Å²) >= 11 is 0. The Kier molecular flexibility index (Phi) is 11.4. The maximum Gasteiger partial charge on any atom is 0.119 e. The van der Waals surface area contributed by atoms with Gasteiger partial charge in [-0.25, -0.2) is 9.36 Å². The second-order valence-electron chi connectivity index (χ2n) is 15.7. The molecule has 0 fully saturated rings. The molecule has 0 radical (unpaired) electrons. The van der Waals surface area contributed by atoms with E-state index in [1.165, 1.54) is 0 Å². The highest BCUT2D eigenvalue weighted by molar-refractivity contribution is 5.73. The van der Waals surface area contributed by atoms with E-state index < -0.39 is 0 Å². The van der Waals surface area contributed by atoms with Crippen LogP contribution in [0.4, 0.5) is 11.4 Å². The lowest BCUT2D eigenvalue weighted by Gasteiger charge is -2.13. The van der Waals surface area contributed by atoms with Gasteiger partial charge in [-0.15, -0.1) is 0 Å². The molecule has 2 heterocycles. The Morgan fingerprint density at radius 3 is 1.13 bits per heavy atom. The summed E-state index contributed by atoms with van der Waals surface area (Å²) in [6.07, 6.45) is 0. The number of rotatable bonds is 14. The molecule has 0 amide bonds. The van der Waals surface area contributed by atoms with Crippen molar-refractivity contribution in [1.29, 1.82) is 0 Å². The highest BCUT2D eigenvalue weighted by Gasteiger charge is 2.16. The average molecular weight is 813 g/mol. The summed E-state index contributed by atoms with van der Waals surface area (Å²) in [5.74, 6) is 1.58. The number of hydrogen-bond donors (Lipinski definition) is 0. The Hall–Kier alpha value is -7.84. The molecule has 7 aromatic carbocycles. The molecule has 2 aromatic heterocycles. The van der Waals surface area contributed by atoms with Gasteiger partial charge in [0.2, 0.25) is 0 Å². The monoisotopic (exact) mass is 812 g/mol. The maximum absolute atomic E-state index is 6.26. The van der Waals surface area contributed by atoms with Crippen LogP contribution in [0.15, 0.2) is 194 Å². The molecule has 0 aliphatic heterocycles. The van der Waals surface area contributed by atoms with Crippen LogP contribution in [0.5, 0.6) is 11.5 Å². The number of ether oxygens (including phenoxy) is 2. The third-order valence-corrected chi connectivity index (χ3v) is 10.9. The van der Waals surface area contributed by atoms with Gasteiger partial charge < -0.3 is 19.3 Å². The average Bonchev–Trinajstić information content (AvgIpc) is 3.98. The van der Waals surface area contributed by atoms with Gasteiger partial charge in [0.25, 0.3) is 0 Å². The van der Waals surface area contributed by atoms with Crippen LogP contribution in [0.3, 0.4) is 0 Å². The first-order valence-corrected chi connectivity index (χ1v) is 20.8. The number of anilines is 2. The van der Waals surface area contributed by atoms with Crippen molar-refractivity contribution >= 4 is 11.4 Å². The van der Waals surface area contributed by atoms with Crippen molar-refractivity contribution in [2.75, 3.05) is 38.0 Å². The molecule has 0 saturated carbocycles. The van der Waals surface area contributed by atoms with Crippen LogP contribution in [0.25, 0.3) is 56.4 Å². The molecule has 0 spiro atoms. The summed E-state index contributed by atoms with van der Waals surface area (Å²) in [7, 11) is 8.20. The third kappa shape index (κ3) is 8.86. The fourth-order valence-electron chi connectivity index (χ4n) is 7.43. The fourth-order valence-corrected chi connectivity index (χ4v) is 7.43. The molecule has 9 rings (SSSR count). The largest absolute Gasteiger partial charge is 0.489 e. The van der Waals surface area contributed by atoms with Gasteiger partial charge in [-0.3, -0.25) is 0 Å². The van der Waals surface area contributed by atoms with Crippen molar-refractivity contribution in [3.8, 4) is 67.9 Å². The first kappa shape index (κ1) is 39.6. The zero-order chi connectivity index (χ0) is 42.4. The minimum absolute atomic E-state index is 0.440. The van der Waals surface area contributed by atoms with E-state index in [1.54, 1.807) is 0 Å². The Balaban J connectivity index is 0.842. The lowest BCUT2D eigenvalue weighted by molar-refractivity contribution is 0.300. The molecule has 0 atom stereocenters. The van der Waals surface area contributed by atoms with E-state index in [0.717, 1.165) is 90.4 Å². The Morgan fingerprint density at radius 2 is 0.758 bits per heavy atom. The van der Waals surface area contributed by atoms with E-state index in [1.807, 2.05) is 76.1 Å². The quantitative estimate of drug-likeness (QED) is 0.109. The smallest absolute Gasteiger partial charge is 0.119 e. The molecular weight excluding hydrogens is 765 g/mol. The second kappa shape index (κ2) is 17.8. The Morgan fingerprint density at radius 1 is 0.387 bits per heavy atom. The molecule has 306 valence electrons. The van der Waals surface area contributed by atoms with Crippen molar-refractivity contribution in [1.82, 2.24) is 19.6 Å². The summed E-state index contributed by atoms with van der Waals surface area (Å²) in [4.78, 5) is 4.21. The van der Waals surface area contributed by atoms with E-state index in [-0.39, 0.29) is 0 Å². The van der Waals surface area contributed by atoms with Crippen LogP contribution in [-0.2, 0) is 13.2 Å². The van der Waals surface area contributed by atoms with Crippen LogP contribution < -0.4 is 19.3 Å². The molecule has 0 saturated heterocycles. The molecule has 0 aliphatic carbocycles. The Labute approximate surface area is 363 Å². The highest BCUT2D eigenvalue weighted by atomic mass is 16.5. The normalized spacial score (nSPS) is 11.0. The van der Waals surface area contributed by atoms with Gasteiger partial charge >= 0.3 is 0 Å². The SMILES string of the molecule is CN(C)c1ccc(-c2cc(-c3ccc(OCc4cccc(COc5ccc(-c6cc(-c7ccc(N(C)C)cc7)n(-c7ccccc7)n6)cc5)c4)cc3)nn2-c2ccccc2)cc1. The number of nitrogens with zero attached hydrogens (tertiary/aromatic N) is 6. The molecule has 8 nitrogen and oxygen atoms in total. The summed E-state index contributed by atoms with van der Waals surface area (Å²) < 4.78 is 16.5. The van der Waals surface area contributed by atoms with Crippen molar-refractivity contribution in [2.45, 2.75) is 13.2 Å². The summed E-state index contributed by atoms with van der Waals surface area (Å²) in [6, 6.07) is 66.6. The first-order valence-electron chi connectivity index (χ1n) is 20.8. The Bertz CT molecular complexity index is 2670. The molecule has 0 unspecified atom stereocenters. The molecule has 0 bridgehead atoms. The third-order valence-electron chi connectivity index (χ3n) is 10.9. The van der Waals surface area contributed by atoms with Gasteiger partial charge in [0.1, 0.15) is 24.7 Å². The van der Waals surface area contributed by atoms with E-state index in [2.05, 4.69) is 165 Å². The minimum atomic E-state index is 0.440. The van der Waals surface area contributed by atoms with E-state index >= 15 is 0 Å². The van der Waals surface area contributed by atoms with E-state index in [9.17, 15) is 0 Å². The predicted octanol–water partition coefficient (Wildman–Crippen LogP) is 12.0. The number of hydrogen-bond acceptors (Lipinski definition) is 6. The molecule has 62 heavy (non-hydrogen) atoms. The molecule has 9 aromatic rings. The standard InChI is InChI=1S/C54H48N6O2/c1-57(2)45-26-18-43(19-27-45)53-35-51(55-59(53)47-14-7-5-8-15-47)41-22-30-49(31-23-41)61-37-39-12-11-13-40(34-39)38-62-50-32-24-42(25-33-50)52-36-54(44-20-28-46(29-21-44)58(3)4)60(56-52)48-16-9-6-10-17-48/h5-36H,37-38H2,1-4H3. The van der Waals surface area contributed by atoms with E-state index in [4.69, 9.17) is 19.7 Å². The van der Waals surface area contributed by atoms with Gasteiger partial charge in [-0.2, -0.15) is 10.2 Å². The van der Waals surface area contributed by atoms with E-state index in [0.29, 0.717) is 13.2 Å². The lowest BCUT2D eigenvalue weighted by atomic mass is 10.1. The molecule has 0 N–H and O–H groups in total. The maximum atomic E-state index is 6.26. The van der Waals surface area contributed by atoms with Crippen LogP contribution in [-0.4, -0.2) is 47.8 Å². The minimum Gasteiger partial charge on any atom is -0.489 e. The zero-order valence-corrected chi connectivity index (χ0v) is 35.4. The summed E-state index contributed by atoms with van der Waals surface area (Å²) in [5, 5.41) is 10.1. The fraction of sp³-hybridized carbons (Fsp3) is 0.111. The highest BCUT2D eigenvalue weighted by Crippen LogP contribution is 2.33. The summed E-state index contributed by atoms with van der Waals surface area (Å²) in [5.41, 5.74) is 14.5. The van der Waals surface area contributed by atoms with Gasteiger partial charge in [0.05, 0.1) is 34.2 Å². The summed E-state index contributed by atoms with van der Waals surface area (Å²) in [6.45, 7) is 0.879.